The van der Waals surface area contributed by atoms with E-state index >= 15 is 0 Å². The van der Waals surface area contributed by atoms with E-state index in [-0.39, 0.29) is 12.4 Å². The SMILES string of the molecule is CCCOc1cc(N)cc(OCc2ccccc2F)c1. The topological polar surface area (TPSA) is 44.5 Å². The van der Waals surface area contributed by atoms with E-state index < -0.39 is 0 Å². The first kappa shape index (κ1) is 14.2. The summed E-state index contributed by atoms with van der Waals surface area (Å²) in [4.78, 5) is 0. The number of rotatable bonds is 6. The van der Waals surface area contributed by atoms with E-state index in [1.54, 1.807) is 36.4 Å². The number of hydrogen-bond donors (Lipinski definition) is 1. The molecule has 0 bridgehead atoms. The van der Waals surface area contributed by atoms with Gasteiger partial charge in [0.25, 0.3) is 0 Å². The van der Waals surface area contributed by atoms with Crippen molar-refractivity contribution in [3.63, 3.8) is 0 Å². The van der Waals surface area contributed by atoms with Gasteiger partial charge in [0.1, 0.15) is 23.9 Å². The zero-order valence-corrected chi connectivity index (χ0v) is 11.4. The van der Waals surface area contributed by atoms with Crippen LogP contribution in [0.2, 0.25) is 0 Å². The summed E-state index contributed by atoms with van der Waals surface area (Å²) in [5.41, 5.74) is 6.86. The minimum absolute atomic E-state index is 0.156. The largest absolute Gasteiger partial charge is 0.493 e. The monoisotopic (exact) mass is 275 g/mol. The van der Waals surface area contributed by atoms with Crippen molar-refractivity contribution in [1.29, 1.82) is 0 Å². The Morgan fingerprint density at radius 3 is 2.45 bits per heavy atom. The van der Waals surface area contributed by atoms with E-state index in [1.807, 2.05) is 6.92 Å². The quantitative estimate of drug-likeness (QED) is 0.816. The second kappa shape index (κ2) is 6.80. The third-order valence-corrected chi connectivity index (χ3v) is 2.73. The molecule has 0 aliphatic rings. The Bertz CT molecular complexity index is 572. The van der Waals surface area contributed by atoms with Crippen LogP contribution in [0.15, 0.2) is 42.5 Å². The lowest BCUT2D eigenvalue weighted by Gasteiger charge is -2.11. The zero-order valence-electron chi connectivity index (χ0n) is 11.4. The van der Waals surface area contributed by atoms with Crippen molar-refractivity contribution in [3.8, 4) is 11.5 Å². The summed E-state index contributed by atoms with van der Waals surface area (Å²) in [7, 11) is 0. The van der Waals surface area contributed by atoms with Crippen LogP contribution < -0.4 is 15.2 Å². The number of anilines is 1. The maximum atomic E-state index is 13.5. The van der Waals surface area contributed by atoms with Gasteiger partial charge in [-0.3, -0.25) is 0 Å². The molecule has 0 atom stereocenters. The molecule has 0 aromatic heterocycles. The molecule has 20 heavy (non-hydrogen) atoms. The number of ether oxygens (including phenoxy) is 2. The molecular formula is C16H18FNO2. The summed E-state index contributed by atoms with van der Waals surface area (Å²) < 4.78 is 24.6. The van der Waals surface area contributed by atoms with Crippen molar-refractivity contribution in [1.82, 2.24) is 0 Å². The molecule has 3 nitrogen and oxygen atoms in total. The molecule has 0 fully saturated rings. The second-order valence-corrected chi connectivity index (χ2v) is 4.47. The summed E-state index contributed by atoms with van der Waals surface area (Å²) in [6, 6.07) is 11.7. The third-order valence-electron chi connectivity index (χ3n) is 2.73. The van der Waals surface area contributed by atoms with Gasteiger partial charge in [0.2, 0.25) is 0 Å². The molecule has 2 aromatic rings. The van der Waals surface area contributed by atoms with Crippen LogP contribution in [-0.2, 0) is 6.61 Å². The van der Waals surface area contributed by atoms with Crippen LogP contribution >= 0.6 is 0 Å². The minimum Gasteiger partial charge on any atom is -0.493 e. The maximum Gasteiger partial charge on any atom is 0.129 e. The summed E-state index contributed by atoms with van der Waals surface area (Å²) in [5.74, 6) is 0.952. The average molecular weight is 275 g/mol. The van der Waals surface area contributed by atoms with Crippen molar-refractivity contribution in [3.05, 3.63) is 53.8 Å². The van der Waals surface area contributed by atoms with Gasteiger partial charge < -0.3 is 15.2 Å². The number of halogens is 1. The standard InChI is InChI=1S/C16H18FNO2/c1-2-7-19-14-8-13(18)9-15(10-14)20-11-12-5-3-4-6-16(12)17/h3-6,8-10H,2,7,11,18H2,1H3. The molecule has 0 amide bonds. The Balaban J connectivity index is 2.05. The van der Waals surface area contributed by atoms with Crippen LogP contribution in [-0.4, -0.2) is 6.61 Å². The first-order chi connectivity index (χ1) is 9.69. The normalized spacial score (nSPS) is 10.3. The van der Waals surface area contributed by atoms with Crippen LogP contribution in [0.4, 0.5) is 10.1 Å². The number of nitrogens with two attached hydrogens (primary N) is 1. The second-order valence-electron chi connectivity index (χ2n) is 4.47. The highest BCUT2D eigenvalue weighted by molar-refractivity contribution is 5.50. The maximum absolute atomic E-state index is 13.5. The van der Waals surface area contributed by atoms with Gasteiger partial charge in [-0.05, 0) is 12.5 Å². The van der Waals surface area contributed by atoms with Crippen molar-refractivity contribution < 1.29 is 13.9 Å². The first-order valence-electron chi connectivity index (χ1n) is 6.58. The van der Waals surface area contributed by atoms with Crippen molar-refractivity contribution in [2.24, 2.45) is 0 Å². The van der Waals surface area contributed by atoms with E-state index in [0.717, 1.165) is 6.42 Å². The highest BCUT2D eigenvalue weighted by Crippen LogP contribution is 2.25. The molecular weight excluding hydrogens is 257 g/mol. The average Bonchev–Trinajstić information content (AvgIpc) is 2.44. The summed E-state index contributed by atoms with van der Waals surface area (Å²) in [5, 5.41) is 0. The molecule has 0 aliphatic heterocycles. The molecule has 0 saturated carbocycles. The van der Waals surface area contributed by atoms with Gasteiger partial charge >= 0.3 is 0 Å². The van der Waals surface area contributed by atoms with Crippen molar-refractivity contribution in [2.45, 2.75) is 20.0 Å². The van der Waals surface area contributed by atoms with Gasteiger partial charge in [0.05, 0.1) is 6.61 Å². The predicted octanol–water partition coefficient (Wildman–Crippen LogP) is 3.78. The van der Waals surface area contributed by atoms with E-state index in [9.17, 15) is 4.39 Å². The molecule has 2 aromatic carbocycles. The molecule has 0 spiro atoms. The van der Waals surface area contributed by atoms with E-state index in [4.69, 9.17) is 15.2 Å². The first-order valence-corrected chi connectivity index (χ1v) is 6.58. The lowest BCUT2D eigenvalue weighted by molar-refractivity contribution is 0.291. The third kappa shape index (κ3) is 3.88. The zero-order chi connectivity index (χ0) is 14.4. The summed E-state index contributed by atoms with van der Waals surface area (Å²) >= 11 is 0. The van der Waals surface area contributed by atoms with E-state index in [0.29, 0.717) is 29.4 Å². The van der Waals surface area contributed by atoms with Gasteiger partial charge in [0, 0.05) is 29.4 Å². The predicted molar refractivity (Wildman–Crippen MR) is 77.4 cm³/mol. The van der Waals surface area contributed by atoms with Crippen LogP contribution in [0.3, 0.4) is 0 Å². The van der Waals surface area contributed by atoms with E-state index in [2.05, 4.69) is 0 Å². The Kier molecular flexibility index (Phi) is 4.82. The van der Waals surface area contributed by atoms with Crippen LogP contribution in [0.5, 0.6) is 11.5 Å². The van der Waals surface area contributed by atoms with Gasteiger partial charge in [-0.15, -0.1) is 0 Å². The van der Waals surface area contributed by atoms with Crippen molar-refractivity contribution >= 4 is 5.69 Å². The molecule has 0 radical (unpaired) electrons. The Hall–Kier alpha value is -2.23. The van der Waals surface area contributed by atoms with Crippen molar-refractivity contribution in [2.75, 3.05) is 12.3 Å². The van der Waals surface area contributed by atoms with Gasteiger partial charge in [0.15, 0.2) is 0 Å². The highest BCUT2D eigenvalue weighted by atomic mass is 19.1. The molecule has 4 heteroatoms. The number of benzene rings is 2. The molecule has 2 N–H and O–H groups in total. The fraction of sp³-hybridized carbons (Fsp3) is 0.250. The molecule has 0 aliphatic carbocycles. The fourth-order valence-electron chi connectivity index (χ4n) is 1.76. The number of hydrogen-bond acceptors (Lipinski definition) is 3. The summed E-state index contributed by atoms with van der Waals surface area (Å²) in [6.45, 7) is 2.81. The molecule has 2 rings (SSSR count). The van der Waals surface area contributed by atoms with Gasteiger partial charge in [-0.2, -0.15) is 0 Å². The van der Waals surface area contributed by atoms with E-state index in [1.165, 1.54) is 6.07 Å². The lowest BCUT2D eigenvalue weighted by atomic mass is 10.2. The molecule has 106 valence electrons. The smallest absolute Gasteiger partial charge is 0.129 e. The summed E-state index contributed by atoms with van der Waals surface area (Å²) in [6.07, 6.45) is 0.917. The van der Waals surface area contributed by atoms with Crippen LogP contribution in [0.1, 0.15) is 18.9 Å². The van der Waals surface area contributed by atoms with Crippen LogP contribution in [0, 0.1) is 5.82 Å². The fourth-order valence-corrected chi connectivity index (χ4v) is 1.76. The van der Waals surface area contributed by atoms with Gasteiger partial charge in [-0.25, -0.2) is 4.39 Å². The Labute approximate surface area is 118 Å². The Morgan fingerprint density at radius 2 is 1.75 bits per heavy atom. The molecule has 0 heterocycles. The molecule has 0 unspecified atom stereocenters. The Morgan fingerprint density at radius 1 is 1.05 bits per heavy atom. The highest BCUT2D eigenvalue weighted by Gasteiger charge is 2.04. The minimum atomic E-state index is -0.279. The van der Waals surface area contributed by atoms with Crippen LogP contribution in [0.25, 0.3) is 0 Å². The van der Waals surface area contributed by atoms with Gasteiger partial charge in [-0.1, -0.05) is 25.1 Å². The molecule has 0 saturated heterocycles. The lowest BCUT2D eigenvalue weighted by Crippen LogP contribution is -2.00. The number of nitrogen functional groups attached to an aromatic ring is 1.